The van der Waals surface area contributed by atoms with Gasteiger partial charge < -0.3 is 14.0 Å². The topological polar surface area (TPSA) is 70.6 Å². The molecule has 0 bridgehead atoms. The van der Waals surface area contributed by atoms with Crippen molar-refractivity contribution in [3.8, 4) is 0 Å². The molecule has 0 saturated carbocycles. The molecule has 0 heterocycles. The van der Waals surface area contributed by atoms with Crippen LogP contribution in [0.2, 0.25) is 0 Å². The molecule has 0 aliphatic heterocycles. The van der Waals surface area contributed by atoms with E-state index in [0.717, 1.165) is 6.07 Å². The van der Waals surface area contributed by atoms with Gasteiger partial charge in [-0.25, -0.2) is 9.18 Å². The fraction of sp³-hybridized carbons (Fsp3) is 0.611. The van der Waals surface area contributed by atoms with E-state index in [1.54, 1.807) is 20.8 Å². The molecule has 0 radical (unpaired) electrons. The third-order valence-electron chi connectivity index (χ3n) is 3.73. The van der Waals surface area contributed by atoms with Crippen LogP contribution in [-0.2, 0) is 31.2 Å². The predicted molar refractivity (Wildman–Crippen MR) is 97.2 cm³/mol. The van der Waals surface area contributed by atoms with Gasteiger partial charge in [-0.3, -0.25) is 0 Å². The van der Waals surface area contributed by atoms with Crippen molar-refractivity contribution in [3.63, 3.8) is 0 Å². The number of carbonyl (C=O) groups excluding carboxylic acids is 1. The zero-order chi connectivity index (χ0) is 21.8. The van der Waals surface area contributed by atoms with Crippen molar-refractivity contribution in [1.82, 2.24) is 4.72 Å². The highest BCUT2D eigenvalue weighted by Gasteiger charge is 2.50. The maximum atomic E-state index is 14.5. The quantitative estimate of drug-likeness (QED) is 0.390. The average Bonchev–Trinajstić information content (AvgIpc) is 2.53. The molecule has 1 rings (SSSR count). The van der Waals surface area contributed by atoms with Gasteiger partial charge in [0.1, 0.15) is 22.7 Å². The molecule has 3 atom stereocenters. The van der Waals surface area contributed by atoms with Gasteiger partial charge >= 0.3 is 12.1 Å². The Balaban J connectivity index is 3.49. The lowest BCUT2D eigenvalue weighted by molar-refractivity contribution is -0.202. The number of hydrogen-bond donors (Lipinski definition) is 1. The molecule has 1 aromatic rings. The SMILES string of the molecule is CCOC(=O)[C@@H](OCC(F)(F)F)[C@](C)(N[S+]([O-])C(C)(C)C)c1ccccc1F. The van der Waals surface area contributed by atoms with Crippen molar-refractivity contribution in [2.45, 2.75) is 57.2 Å². The van der Waals surface area contributed by atoms with Crippen LogP contribution >= 0.6 is 0 Å². The molecule has 0 aliphatic rings. The zero-order valence-electron chi connectivity index (χ0n) is 16.4. The normalized spacial score (nSPS) is 16.9. The summed E-state index contributed by atoms with van der Waals surface area (Å²) in [5, 5.41) is 0. The third-order valence-corrected chi connectivity index (χ3v) is 5.45. The predicted octanol–water partition coefficient (Wildman–Crippen LogP) is 3.60. The Bertz CT molecular complexity index is 666. The average molecular weight is 427 g/mol. The molecular formula is C18H25F4NO4S. The Kier molecular flexibility index (Phi) is 8.31. The van der Waals surface area contributed by atoms with E-state index in [1.165, 1.54) is 32.0 Å². The van der Waals surface area contributed by atoms with E-state index < -0.39 is 52.3 Å². The maximum Gasteiger partial charge on any atom is 0.411 e. The Labute approximate surface area is 165 Å². The second-order valence-corrected chi connectivity index (χ2v) is 9.19. The third kappa shape index (κ3) is 6.61. The van der Waals surface area contributed by atoms with E-state index in [-0.39, 0.29) is 12.2 Å². The molecule has 1 N–H and O–H groups in total. The Morgan fingerprint density at radius 2 is 1.79 bits per heavy atom. The summed E-state index contributed by atoms with van der Waals surface area (Å²) in [6.45, 7) is 5.70. The molecule has 28 heavy (non-hydrogen) atoms. The van der Waals surface area contributed by atoms with Crippen LogP contribution in [0, 0.1) is 5.82 Å². The first kappa shape index (κ1) is 24.7. The summed E-state index contributed by atoms with van der Waals surface area (Å²) in [5.74, 6) is -1.93. The van der Waals surface area contributed by atoms with Crippen molar-refractivity contribution in [1.29, 1.82) is 0 Å². The van der Waals surface area contributed by atoms with E-state index in [1.807, 2.05) is 0 Å². The lowest BCUT2D eigenvalue weighted by Gasteiger charge is -2.39. The van der Waals surface area contributed by atoms with Gasteiger partial charge in [0.25, 0.3) is 0 Å². The fourth-order valence-electron chi connectivity index (χ4n) is 2.34. The van der Waals surface area contributed by atoms with Gasteiger partial charge in [0, 0.05) is 16.9 Å². The van der Waals surface area contributed by atoms with Crippen LogP contribution in [0.25, 0.3) is 0 Å². The van der Waals surface area contributed by atoms with E-state index >= 15 is 0 Å². The maximum absolute atomic E-state index is 14.5. The van der Waals surface area contributed by atoms with Gasteiger partial charge in [0.05, 0.1) is 6.61 Å². The molecule has 160 valence electrons. The summed E-state index contributed by atoms with van der Waals surface area (Å²) < 4.78 is 77.0. The number of nitrogens with one attached hydrogen (secondary N) is 1. The highest BCUT2D eigenvalue weighted by atomic mass is 32.2. The van der Waals surface area contributed by atoms with Gasteiger partial charge in [-0.15, -0.1) is 4.72 Å². The first-order valence-corrected chi connectivity index (χ1v) is 9.67. The van der Waals surface area contributed by atoms with E-state index in [4.69, 9.17) is 9.47 Å². The van der Waals surface area contributed by atoms with Gasteiger partial charge in [-0.2, -0.15) is 13.2 Å². The number of rotatable bonds is 8. The summed E-state index contributed by atoms with van der Waals surface area (Å²) in [4.78, 5) is 12.4. The molecule has 0 spiro atoms. The Morgan fingerprint density at radius 3 is 2.25 bits per heavy atom. The molecular weight excluding hydrogens is 402 g/mol. The number of esters is 1. The molecule has 5 nitrogen and oxygen atoms in total. The van der Waals surface area contributed by atoms with Crippen LogP contribution in [0.1, 0.15) is 40.2 Å². The molecule has 1 unspecified atom stereocenters. The number of ether oxygens (including phenoxy) is 2. The van der Waals surface area contributed by atoms with Gasteiger partial charge in [0.15, 0.2) is 6.10 Å². The number of alkyl halides is 3. The first-order valence-electron chi connectivity index (χ1n) is 8.52. The second kappa shape index (κ2) is 9.43. The van der Waals surface area contributed by atoms with Crippen molar-refractivity contribution in [2.75, 3.05) is 13.2 Å². The molecule has 0 aromatic heterocycles. The number of carbonyl (C=O) groups is 1. The Hall–Kier alpha value is -1.36. The van der Waals surface area contributed by atoms with Crippen molar-refractivity contribution in [2.24, 2.45) is 0 Å². The highest BCUT2D eigenvalue weighted by molar-refractivity contribution is 7.90. The fourth-order valence-corrected chi connectivity index (χ4v) is 3.25. The van der Waals surface area contributed by atoms with Crippen LogP contribution in [0.4, 0.5) is 17.6 Å². The summed E-state index contributed by atoms with van der Waals surface area (Å²) in [6.07, 6.45) is -6.64. The minimum absolute atomic E-state index is 0.125. The first-order chi connectivity index (χ1) is 12.7. The van der Waals surface area contributed by atoms with Crippen molar-refractivity contribution >= 4 is 17.3 Å². The molecule has 0 aliphatic carbocycles. The lowest BCUT2D eigenvalue weighted by Crippen LogP contribution is -2.59. The summed E-state index contributed by atoms with van der Waals surface area (Å²) in [5.41, 5.74) is -2.08. The van der Waals surface area contributed by atoms with Crippen molar-refractivity contribution < 1.29 is 36.4 Å². The largest absolute Gasteiger partial charge is 0.598 e. The van der Waals surface area contributed by atoms with Gasteiger partial charge in [0.2, 0.25) is 0 Å². The Morgan fingerprint density at radius 1 is 1.21 bits per heavy atom. The number of halogens is 4. The monoisotopic (exact) mass is 427 g/mol. The minimum Gasteiger partial charge on any atom is -0.598 e. The minimum atomic E-state index is -4.73. The summed E-state index contributed by atoms with van der Waals surface area (Å²) >= 11 is -1.87. The standard InChI is InChI=1S/C18H25F4NO4S/c1-6-26-15(24)14(27-11-18(20,21)22)17(5,23-28(25)16(2,3)4)12-9-7-8-10-13(12)19/h7-10,14,23H,6,11H2,1-5H3/t14-,17-,28?/m1/s1. The van der Waals surface area contributed by atoms with Crippen LogP contribution in [0.3, 0.4) is 0 Å². The smallest absolute Gasteiger partial charge is 0.411 e. The molecule has 0 fully saturated rings. The van der Waals surface area contributed by atoms with E-state index in [9.17, 15) is 26.9 Å². The van der Waals surface area contributed by atoms with Gasteiger partial charge in [-0.1, -0.05) is 18.2 Å². The van der Waals surface area contributed by atoms with Crippen LogP contribution in [0.5, 0.6) is 0 Å². The van der Waals surface area contributed by atoms with E-state index in [0.29, 0.717) is 0 Å². The van der Waals surface area contributed by atoms with Crippen LogP contribution in [0.15, 0.2) is 24.3 Å². The molecule has 1 aromatic carbocycles. The van der Waals surface area contributed by atoms with Crippen LogP contribution < -0.4 is 4.72 Å². The molecule has 10 heteroatoms. The summed E-state index contributed by atoms with van der Waals surface area (Å²) in [6, 6.07) is 5.20. The zero-order valence-corrected chi connectivity index (χ0v) is 17.2. The molecule has 0 saturated heterocycles. The molecule has 0 amide bonds. The van der Waals surface area contributed by atoms with Gasteiger partial charge in [-0.05, 0) is 40.7 Å². The van der Waals surface area contributed by atoms with E-state index in [2.05, 4.69) is 4.72 Å². The second-order valence-electron chi connectivity index (χ2n) is 7.22. The van der Waals surface area contributed by atoms with Crippen molar-refractivity contribution in [3.05, 3.63) is 35.6 Å². The highest BCUT2D eigenvalue weighted by Crippen LogP contribution is 2.33. The summed E-state index contributed by atoms with van der Waals surface area (Å²) in [7, 11) is 0. The number of hydrogen-bond acceptors (Lipinski definition) is 5. The van der Waals surface area contributed by atoms with Crippen LogP contribution in [-0.4, -0.2) is 40.8 Å². The number of benzene rings is 1. The lowest BCUT2D eigenvalue weighted by atomic mass is 9.86.